The summed E-state index contributed by atoms with van der Waals surface area (Å²) in [4.78, 5) is 23.3. The van der Waals surface area contributed by atoms with E-state index < -0.39 is 12.2 Å². The van der Waals surface area contributed by atoms with E-state index in [9.17, 15) is 9.59 Å². The first kappa shape index (κ1) is 18.3. The molecule has 0 saturated heterocycles. The molecule has 0 aromatic heterocycles. The zero-order valence-electron chi connectivity index (χ0n) is 14.1. The summed E-state index contributed by atoms with van der Waals surface area (Å²) in [6.45, 7) is 0.232. The normalized spacial score (nSPS) is 11.2. The largest absolute Gasteiger partial charge is 0.447 e. The highest BCUT2D eigenvalue weighted by molar-refractivity contribution is 5.68. The van der Waals surface area contributed by atoms with Crippen LogP contribution in [-0.2, 0) is 22.5 Å². The monoisotopic (exact) mass is 342 g/mol. The Hall–Kier alpha value is -3.02. The quantitative estimate of drug-likeness (QED) is 0.811. The van der Waals surface area contributed by atoms with Gasteiger partial charge in [0.25, 0.3) is 0 Å². The van der Waals surface area contributed by atoms with Crippen LogP contribution < -0.4 is 10.6 Å². The maximum atomic E-state index is 12.0. The highest BCUT2D eigenvalue weighted by atomic mass is 16.6. The van der Waals surface area contributed by atoms with Gasteiger partial charge >= 0.3 is 12.2 Å². The molecule has 25 heavy (non-hydrogen) atoms. The molecule has 0 saturated carbocycles. The predicted octanol–water partition coefficient (Wildman–Crippen LogP) is 2.88. The minimum atomic E-state index is -0.551. The lowest BCUT2D eigenvalue weighted by Crippen LogP contribution is -2.41. The van der Waals surface area contributed by atoms with E-state index in [4.69, 9.17) is 9.47 Å². The van der Waals surface area contributed by atoms with E-state index in [0.29, 0.717) is 6.42 Å². The van der Waals surface area contributed by atoms with Crippen molar-refractivity contribution in [2.75, 3.05) is 13.7 Å². The molecule has 0 aliphatic rings. The first-order valence-corrected chi connectivity index (χ1v) is 8.03. The Morgan fingerprint density at radius 2 is 1.48 bits per heavy atom. The molecule has 6 heteroatoms. The Bertz CT molecular complexity index is 662. The average Bonchev–Trinajstić information content (AvgIpc) is 2.66. The van der Waals surface area contributed by atoms with Crippen molar-refractivity contribution >= 4 is 12.2 Å². The molecule has 1 atom stereocenters. The number of rotatable bonds is 7. The van der Waals surface area contributed by atoms with Crippen LogP contribution in [0.4, 0.5) is 9.59 Å². The van der Waals surface area contributed by atoms with Crippen molar-refractivity contribution in [2.45, 2.75) is 19.1 Å². The number of carbonyl (C=O) groups excluding carboxylic acids is 2. The molecular formula is C19H22N2O4. The van der Waals surface area contributed by atoms with Crippen molar-refractivity contribution in [1.29, 1.82) is 0 Å². The summed E-state index contributed by atoms with van der Waals surface area (Å²) >= 11 is 0. The lowest BCUT2D eigenvalue weighted by molar-refractivity contribution is 0.116. The Labute approximate surface area is 147 Å². The van der Waals surface area contributed by atoms with Crippen molar-refractivity contribution < 1.29 is 19.1 Å². The molecule has 0 fully saturated rings. The minimum Gasteiger partial charge on any atom is -0.447 e. The highest BCUT2D eigenvalue weighted by Crippen LogP contribution is 2.05. The molecule has 0 bridgehead atoms. The zero-order valence-corrected chi connectivity index (χ0v) is 14.1. The summed E-state index contributed by atoms with van der Waals surface area (Å²) in [5.74, 6) is 0. The average molecular weight is 342 g/mol. The van der Waals surface area contributed by atoms with Crippen LogP contribution in [0, 0.1) is 0 Å². The number of benzene rings is 2. The maximum absolute atomic E-state index is 12.0. The summed E-state index contributed by atoms with van der Waals surface area (Å²) < 4.78 is 10.3. The van der Waals surface area contributed by atoms with E-state index in [2.05, 4.69) is 10.6 Å². The molecule has 2 rings (SSSR count). The van der Waals surface area contributed by atoms with Gasteiger partial charge in [0.15, 0.2) is 0 Å². The molecular weight excluding hydrogens is 320 g/mol. The van der Waals surface area contributed by atoms with Gasteiger partial charge in [0.05, 0.1) is 6.04 Å². The SMILES string of the molecule is CNC(=O)OC[C@@H](Cc1ccccc1)NC(=O)OCc1ccccc1. The molecule has 0 radical (unpaired) electrons. The number of amides is 2. The number of hydrogen-bond donors (Lipinski definition) is 2. The van der Waals surface area contributed by atoms with Gasteiger partial charge in [-0.3, -0.25) is 0 Å². The van der Waals surface area contributed by atoms with Crippen molar-refractivity contribution in [2.24, 2.45) is 0 Å². The number of ether oxygens (including phenoxy) is 2. The second-order valence-electron chi connectivity index (χ2n) is 5.44. The minimum absolute atomic E-state index is 0.0506. The van der Waals surface area contributed by atoms with Crippen molar-refractivity contribution in [3.8, 4) is 0 Å². The zero-order chi connectivity index (χ0) is 17.9. The van der Waals surface area contributed by atoms with Crippen LogP contribution in [0.2, 0.25) is 0 Å². The fourth-order valence-electron chi connectivity index (χ4n) is 2.23. The first-order valence-electron chi connectivity index (χ1n) is 8.03. The van der Waals surface area contributed by atoms with E-state index in [1.165, 1.54) is 7.05 Å². The topological polar surface area (TPSA) is 76.7 Å². The van der Waals surface area contributed by atoms with Crippen LogP contribution in [0.15, 0.2) is 60.7 Å². The maximum Gasteiger partial charge on any atom is 0.407 e. The smallest absolute Gasteiger partial charge is 0.407 e. The summed E-state index contributed by atoms with van der Waals surface area (Å²) in [5.41, 5.74) is 1.93. The number of nitrogens with one attached hydrogen (secondary N) is 2. The van der Waals surface area contributed by atoms with Gasteiger partial charge in [-0.05, 0) is 17.5 Å². The molecule has 0 aliphatic heterocycles. The Kier molecular flexibility index (Phi) is 7.31. The van der Waals surface area contributed by atoms with Gasteiger partial charge in [-0.2, -0.15) is 0 Å². The van der Waals surface area contributed by atoms with Gasteiger partial charge in [0.1, 0.15) is 13.2 Å². The van der Waals surface area contributed by atoms with E-state index in [1.807, 2.05) is 60.7 Å². The lowest BCUT2D eigenvalue weighted by Gasteiger charge is -2.18. The lowest BCUT2D eigenvalue weighted by atomic mass is 10.1. The van der Waals surface area contributed by atoms with Gasteiger partial charge < -0.3 is 20.1 Å². The Morgan fingerprint density at radius 1 is 0.880 bits per heavy atom. The number of carbonyl (C=O) groups is 2. The van der Waals surface area contributed by atoms with Gasteiger partial charge in [0, 0.05) is 7.05 Å². The molecule has 0 unspecified atom stereocenters. The molecule has 0 spiro atoms. The van der Waals surface area contributed by atoms with Crippen LogP contribution >= 0.6 is 0 Å². The molecule has 2 aromatic rings. The summed E-state index contributed by atoms with van der Waals surface area (Å²) in [7, 11) is 1.48. The third kappa shape index (κ3) is 6.95. The fourth-order valence-corrected chi connectivity index (χ4v) is 2.23. The molecule has 2 aromatic carbocycles. The van der Waals surface area contributed by atoms with Crippen LogP contribution in [0.25, 0.3) is 0 Å². The summed E-state index contributed by atoms with van der Waals surface area (Å²) in [6, 6.07) is 18.7. The van der Waals surface area contributed by atoms with E-state index in [-0.39, 0.29) is 19.3 Å². The molecule has 2 N–H and O–H groups in total. The Morgan fingerprint density at radius 3 is 2.08 bits per heavy atom. The van der Waals surface area contributed by atoms with Crippen LogP contribution in [-0.4, -0.2) is 31.9 Å². The number of alkyl carbamates (subject to hydrolysis) is 2. The molecule has 6 nitrogen and oxygen atoms in total. The third-order valence-electron chi connectivity index (χ3n) is 3.48. The van der Waals surface area contributed by atoms with Crippen molar-refractivity contribution in [3.63, 3.8) is 0 Å². The van der Waals surface area contributed by atoms with Gasteiger partial charge in [0.2, 0.25) is 0 Å². The predicted molar refractivity (Wildman–Crippen MR) is 94.1 cm³/mol. The Balaban J connectivity index is 1.89. The van der Waals surface area contributed by atoms with Crippen molar-refractivity contribution in [3.05, 3.63) is 71.8 Å². The first-order chi connectivity index (χ1) is 12.2. The second kappa shape index (κ2) is 9.97. The van der Waals surface area contributed by atoms with Crippen LogP contribution in [0.3, 0.4) is 0 Å². The van der Waals surface area contributed by atoms with E-state index in [0.717, 1.165) is 11.1 Å². The van der Waals surface area contributed by atoms with E-state index >= 15 is 0 Å². The standard InChI is InChI=1S/C19H22N2O4/c1-20-18(22)25-14-17(12-15-8-4-2-5-9-15)21-19(23)24-13-16-10-6-3-7-11-16/h2-11,17H,12-14H2,1H3,(H,20,22)(H,21,23)/t17-/m1/s1. The fraction of sp³-hybridized carbons (Fsp3) is 0.263. The molecule has 0 heterocycles. The molecule has 0 aliphatic carbocycles. The van der Waals surface area contributed by atoms with E-state index in [1.54, 1.807) is 0 Å². The van der Waals surface area contributed by atoms with Gasteiger partial charge in [-0.1, -0.05) is 60.7 Å². The third-order valence-corrected chi connectivity index (χ3v) is 3.48. The highest BCUT2D eigenvalue weighted by Gasteiger charge is 2.16. The second-order valence-corrected chi connectivity index (χ2v) is 5.44. The van der Waals surface area contributed by atoms with Gasteiger partial charge in [-0.25, -0.2) is 9.59 Å². The molecule has 132 valence electrons. The summed E-state index contributed by atoms with van der Waals surface area (Å²) in [6.07, 6.45) is -0.569. The molecule has 2 amide bonds. The summed E-state index contributed by atoms with van der Waals surface area (Å²) in [5, 5.41) is 5.13. The number of hydrogen-bond acceptors (Lipinski definition) is 4. The van der Waals surface area contributed by atoms with Crippen molar-refractivity contribution in [1.82, 2.24) is 10.6 Å². The van der Waals surface area contributed by atoms with Crippen LogP contribution in [0.5, 0.6) is 0 Å². The van der Waals surface area contributed by atoms with Gasteiger partial charge in [-0.15, -0.1) is 0 Å². The van der Waals surface area contributed by atoms with Crippen LogP contribution in [0.1, 0.15) is 11.1 Å².